The maximum Gasteiger partial charge on any atom is 0.337 e. The molecule has 1 aromatic heterocycles. The van der Waals surface area contributed by atoms with Gasteiger partial charge in [0.15, 0.2) is 0 Å². The number of carboxylic acid groups (broad SMARTS) is 1. The van der Waals surface area contributed by atoms with Gasteiger partial charge in [0.25, 0.3) is 0 Å². The van der Waals surface area contributed by atoms with Crippen LogP contribution in [0.2, 0.25) is 0 Å². The van der Waals surface area contributed by atoms with E-state index >= 15 is 0 Å². The third kappa shape index (κ3) is 3.07. The summed E-state index contributed by atoms with van der Waals surface area (Å²) in [7, 11) is 0. The van der Waals surface area contributed by atoms with Gasteiger partial charge in [0.2, 0.25) is 0 Å². The van der Waals surface area contributed by atoms with Gasteiger partial charge >= 0.3 is 5.97 Å². The maximum absolute atomic E-state index is 10.7. The number of carbonyl (C=O) groups is 1. The van der Waals surface area contributed by atoms with Crippen molar-refractivity contribution in [2.45, 2.75) is 13.5 Å². The van der Waals surface area contributed by atoms with Crippen LogP contribution >= 0.6 is 0 Å². The number of pyridine rings is 1. The Morgan fingerprint density at radius 1 is 1.33 bits per heavy atom. The average Bonchev–Trinajstić information content (AvgIpc) is 2.37. The number of nitrogens with zero attached hydrogens (tertiary/aromatic N) is 1. The van der Waals surface area contributed by atoms with Crippen LogP contribution < -0.4 is 4.74 Å². The SMILES string of the molecule is Cc1cccc(OCc2ccc(C(=O)O)cn2)c1. The molecular weight excluding hydrogens is 230 g/mol. The van der Waals surface area contributed by atoms with Crippen LogP contribution in [0, 0.1) is 6.92 Å². The summed E-state index contributed by atoms with van der Waals surface area (Å²) < 4.78 is 5.56. The van der Waals surface area contributed by atoms with Crippen LogP contribution in [0.3, 0.4) is 0 Å². The third-order valence-corrected chi connectivity index (χ3v) is 2.45. The lowest BCUT2D eigenvalue weighted by Crippen LogP contribution is -2.01. The fraction of sp³-hybridized carbons (Fsp3) is 0.143. The first kappa shape index (κ1) is 12.1. The van der Waals surface area contributed by atoms with E-state index in [4.69, 9.17) is 9.84 Å². The molecule has 1 aromatic carbocycles. The first-order chi connectivity index (χ1) is 8.65. The molecule has 0 saturated carbocycles. The predicted molar refractivity (Wildman–Crippen MR) is 66.7 cm³/mol. The van der Waals surface area contributed by atoms with Gasteiger partial charge in [-0.1, -0.05) is 12.1 Å². The monoisotopic (exact) mass is 243 g/mol. The topological polar surface area (TPSA) is 59.4 Å². The molecule has 92 valence electrons. The Bertz CT molecular complexity index is 549. The molecule has 0 atom stereocenters. The van der Waals surface area contributed by atoms with Gasteiger partial charge in [-0.25, -0.2) is 4.79 Å². The zero-order chi connectivity index (χ0) is 13.0. The molecule has 0 bridgehead atoms. The van der Waals surface area contributed by atoms with Gasteiger partial charge in [0, 0.05) is 6.20 Å². The second-order valence-electron chi connectivity index (χ2n) is 3.95. The Balaban J connectivity index is 2.00. The number of aryl methyl sites for hydroxylation is 1. The number of aromatic nitrogens is 1. The average molecular weight is 243 g/mol. The van der Waals surface area contributed by atoms with E-state index in [-0.39, 0.29) is 5.56 Å². The minimum absolute atomic E-state index is 0.175. The lowest BCUT2D eigenvalue weighted by atomic mass is 10.2. The van der Waals surface area contributed by atoms with E-state index in [0.717, 1.165) is 11.3 Å². The summed E-state index contributed by atoms with van der Waals surface area (Å²) in [6.45, 7) is 2.32. The molecule has 0 saturated heterocycles. The highest BCUT2D eigenvalue weighted by atomic mass is 16.5. The molecule has 4 nitrogen and oxygen atoms in total. The van der Waals surface area contributed by atoms with E-state index in [1.807, 2.05) is 31.2 Å². The van der Waals surface area contributed by atoms with E-state index in [1.165, 1.54) is 12.3 Å². The normalized spacial score (nSPS) is 10.1. The third-order valence-electron chi connectivity index (χ3n) is 2.45. The molecular formula is C14H13NO3. The Hall–Kier alpha value is -2.36. The van der Waals surface area contributed by atoms with E-state index in [2.05, 4.69) is 4.98 Å². The van der Waals surface area contributed by atoms with Crippen LogP contribution in [0.1, 0.15) is 21.6 Å². The van der Waals surface area contributed by atoms with Gasteiger partial charge in [-0.3, -0.25) is 4.98 Å². The van der Waals surface area contributed by atoms with Crippen molar-refractivity contribution < 1.29 is 14.6 Å². The second-order valence-corrected chi connectivity index (χ2v) is 3.95. The van der Waals surface area contributed by atoms with Crippen molar-refractivity contribution in [3.63, 3.8) is 0 Å². The van der Waals surface area contributed by atoms with Gasteiger partial charge < -0.3 is 9.84 Å². The first-order valence-corrected chi connectivity index (χ1v) is 5.53. The Labute approximate surface area is 105 Å². The van der Waals surface area contributed by atoms with Gasteiger partial charge in [-0.05, 0) is 36.8 Å². The van der Waals surface area contributed by atoms with Crippen LogP contribution in [0.25, 0.3) is 0 Å². The minimum atomic E-state index is -0.978. The maximum atomic E-state index is 10.7. The molecule has 0 aliphatic carbocycles. The van der Waals surface area contributed by atoms with Crippen molar-refractivity contribution in [3.8, 4) is 5.75 Å². The molecule has 2 aromatic rings. The summed E-state index contributed by atoms with van der Waals surface area (Å²) in [6.07, 6.45) is 1.33. The Morgan fingerprint density at radius 2 is 2.17 bits per heavy atom. The molecule has 0 aliphatic heterocycles. The van der Waals surface area contributed by atoms with Crippen molar-refractivity contribution in [1.29, 1.82) is 0 Å². The lowest BCUT2D eigenvalue weighted by molar-refractivity contribution is 0.0696. The van der Waals surface area contributed by atoms with Crippen LogP contribution in [0.5, 0.6) is 5.75 Å². The quantitative estimate of drug-likeness (QED) is 0.896. The number of hydrogen-bond acceptors (Lipinski definition) is 3. The van der Waals surface area contributed by atoms with Gasteiger partial charge in [0.05, 0.1) is 11.3 Å². The van der Waals surface area contributed by atoms with Crippen molar-refractivity contribution in [1.82, 2.24) is 4.98 Å². The summed E-state index contributed by atoms with van der Waals surface area (Å²) in [4.78, 5) is 14.7. The molecule has 1 N–H and O–H groups in total. The van der Waals surface area contributed by atoms with E-state index in [0.29, 0.717) is 12.3 Å². The molecule has 18 heavy (non-hydrogen) atoms. The van der Waals surface area contributed by atoms with Gasteiger partial charge in [0.1, 0.15) is 12.4 Å². The van der Waals surface area contributed by atoms with Crippen molar-refractivity contribution >= 4 is 5.97 Å². The number of rotatable bonds is 4. The number of benzene rings is 1. The second kappa shape index (κ2) is 5.31. The van der Waals surface area contributed by atoms with E-state index in [9.17, 15) is 4.79 Å². The first-order valence-electron chi connectivity index (χ1n) is 5.53. The summed E-state index contributed by atoms with van der Waals surface area (Å²) in [5.74, 6) is -0.201. The molecule has 0 unspecified atom stereocenters. The summed E-state index contributed by atoms with van der Waals surface area (Å²) in [5, 5.41) is 8.74. The van der Waals surface area contributed by atoms with Crippen molar-refractivity contribution in [2.24, 2.45) is 0 Å². The van der Waals surface area contributed by atoms with E-state index < -0.39 is 5.97 Å². The number of aromatic carboxylic acids is 1. The highest BCUT2D eigenvalue weighted by Gasteiger charge is 2.03. The molecule has 0 fully saturated rings. The molecule has 1 heterocycles. The Kier molecular flexibility index (Phi) is 3.57. The van der Waals surface area contributed by atoms with Crippen LogP contribution in [0.15, 0.2) is 42.6 Å². The van der Waals surface area contributed by atoms with Crippen LogP contribution in [-0.2, 0) is 6.61 Å². The van der Waals surface area contributed by atoms with Crippen LogP contribution in [-0.4, -0.2) is 16.1 Å². The fourth-order valence-electron chi connectivity index (χ4n) is 1.50. The van der Waals surface area contributed by atoms with Crippen molar-refractivity contribution in [3.05, 3.63) is 59.4 Å². The summed E-state index contributed by atoms with van der Waals surface area (Å²) in [5.41, 5.74) is 2.00. The minimum Gasteiger partial charge on any atom is -0.487 e. The zero-order valence-corrected chi connectivity index (χ0v) is 9.96. The standard InChI is InChI=1S/C14H13NO3/c1-10-3-2-4-13(7-10)18-9-12-6-5-11(8-15-12)14(16)17/h2-8H,9H2,1H3,(H,16,17). The number of hydrogen-bond donors (Lipinski definition) is 1. The molecule has 0 aliphatic rings. The molecule has 0 amide bonds. The summed E-state index contributed by atoms with van der Waals surface area (Å²) >= 11 is 0. The fourth-order valence-corrected chi connectivity index (χ4v) is 1.50. The highest BCUT2D eigenvalue weighted by molar-refractivity contribution is 5.87. The zero-order valence-electron chi connectivity index (χ0n) is 9.96. The lowest BCUT2D eigenvalue weighted by Gasteiger charge is -2.06. The molecule has 4 heteroatoms. The number of ether oxygens (including phenoxy) is 1. The van der Waals surface area contributed by atoms with Gasteiger partial charge in [-0.15, -0.1) is 0 Å². The summed E-state index contributed by atoms with van der Waals surface area (Å²) in [6, 6.07) is 10.9. The predicted octanol–water partition coefficient (Wildman–Crippen LogP) is 2.67. The van der Waals surface area contributed by atoms with Gasteiger partial charge in [-0.2, -0.15) is 0 Å². The Morgan fingerprint density at radius 3 is 2.78 bits per heavy atom. The number of carboxylic acids is 1. The molecule has 0 radical (unpaired) electrons. The highest BCUT2D eigenvalue weighted by Crippen LogP contribution is 2.14. The smallest absolute Gasteiger partial charge is 0.337 e. The molecule has 2 rings (SSSR count). The molecule has 0 spiro atoms. The van der Waals surface area contributed by atoms with E-state index in [1.54, 1.807) is 6.07 Å². The van der Waals surface area contributed by atoms with Crippen LogP contribution in [0.4, 0.5) is 0 Å². The largest absolute Gasteiger partial charge is 0.487 e. The van der Waals surface area contributed by atoms with Crippen molar-refractivity contribution in [2.75, 3.05) is 0 Å².